The number of nitrogens with zero attached hydrogens (tertiary/aromatic N) is 3. The molecule has 2 aromatic carbocycles. The van der Waals surface area contributed by atoms with Crippen molar-refractivity contribution in [2.75, 3.05) is 19.0 Å². The minimum atomic E-state index is -0.536. The SMILES string of the molecule is COc1ccc(C)cc1CC(=O)OCC(=O)Nc1cc(Cl)ccc1-n1cncn1. The average Bonchev–Trinajstić information content (AvgIpc) is 3.21. The van der Waals surface area contributed by atoms with Gasteiger partial charge in [0.2, 0.25) is 0 Å². The molecule has 9 heteroatoms. The van der Waals surface area contributed by atoms with E-state index in [0.717, 1.165) is 5.56 Å². The molecule has 1 N–H and O–H groups in total. The summed E-state index contributed by atoms with van der Waals surface area (Å²) in [6, 6.07) is 10.5. The molecule has 0 unspecified atom stereocenters. The molecule has 150 valence electrons. The Morgan fingerprint density at radius 1 is 1.21 bits per heavy atom. The Bertz CT molecular complexity index is 1020. The molecule has 1 amide bonds. The van der Waals surface area contributed by atoms with E-state index in [2.05, 4.69) is 15.4 Å². The second-order valence-electron chi connectivity index (χ2n) is 6.20. The Balaban J connectivity index is 1.62. The minimum Gasteiger partial charge on any atom is -0.496 e. The third-order valence-corrected chi connectivity index (χ3v) is 4.27. The Labute approximate surface area is 172 Å². The molecule has 0 saturated heterocycles. The first-order valence-electron chi connectivity index (χ1n) is 8.70. The summed E-state index contributed by atoms with van der Waals surface area (Å²) in [4.78, 5) is 28.3. The third kappa shape index (κ3) is 5.32. The fourth-order valence-electron chi connectivity index (χ4n) is 2.73. The Hall–Kier alpha value is -3.39. The number of ether oxygens (including phenoxy) is 2. The van der Waals surface area contributed by atoms with Crippen molar-refractivity contribution < 1.29 is 19.1 Å². The number of aromatic nitrogens is 3. The second-order valence-corrected chi connectivity index (χ2v) is 6.64. The van der Waals surface area contributed by atoms with Gasteiger partial charge in [-0.25, -0.2) is 9.67 Å². The Kier molecular flexibility index (Phi) is 6.46. The molecular formula is C20H19ClN4O4. The highest BCUT2D eigenvalue weighted by molar-refractivity contribution is 6.31. The van der Waals surface area contributed by atoms with E-state index in [1.807, 2.05) is 19.1 Å². The van der Waals surface area contributed by atoms with E-state index in [0.29, 0.717) is 27.7 Å². The van der Waals surface area contributed by atoms with Crippen LogP contribution in [0.1, 0.15) is 11.1 Å². The summed E-state index contributed by atoms with van der Waals surface area (Å²) in [6.45, 7) is 1.48. The van der Waals surface area contributed by atoms with Crippen molar-refractivity contribution in [1.82, 2.24) is 14.8 Å². The zero-order valence-electron chi connectivity index (χ0n) is 15.9. The molecule has 3 rings (SSSR count). The van der Waals surface area contributed by atoms with Crippen LogP contribution in [-0.4, -0.2) is 40.4 Å². The van der Waals surface area contributed by atoms with Crippen molar-refractivity contribution in [3.8, 4) is 11.4 Å². The number of nitrogens with one attached hydrogen (secondary N) is 1. The molecule has 8 nitrogen and oxygen atoms in total. The maximum absolute atomic E-state index is 12.3. The standard InChI is InChI=1S/C20H19ClN4O4/c1-13-3-6-18(28-2)14(7-13)8-20(27)29-10-19(26)24-16-9-15(21)4-5-17(16)25-12-22-11-23-25/h3-7,9,11-12H,8,10H2,1-2H3,(H,24,26). The van der Waals surface area contributed by atoms with Crippen LogP contribution >= 0.6 is 11.6 Å². The lowest BCUT2D eigenvalue weighted by molar-refractivity contribution is -0.146. The molecule has 0 fully saturated rings. The lowest BCUT2D eigenvalue weighted by Crippen LogP contribution is -2.22. The van der Waals surface area contributed by atoms with Crippen LogP contribution in [-0.2, 0) is 20.7 Å². The van der Waals surface area contributed by atoms with E-state index in [4.69, 9.17) is 21.1 Å². The van der Waals surface area contributed by atoms with E-state index in [-0.39, 0.29) is 6.42 Å². The van der Waals surface area contributed by atoms with Crippen molar-refractivity contribution in [3.63, 3.8) is 0 Å². The van der Waals surface area contributed by atoms with Gasteiger partial charge in [-0.3, -0.25) is 9.59 Å². The van der Waals surface area contributed by atoms with Crippen molar-refractivity contribution in [1.29, 1.82) is 0 Å². The van der Waals surface area contributed by atoms with Gasteiger partial charge in [0.1, 0.15) is 18.4 Å². The zero-order valence-corrected chi connectivity index (χ0v) is 16.6. The van der Waals surface area contributed by atoms with Crippen LogP contribution in [0.15, 0.2) is 49.1 Å². The van der Waals surface area contributed by atoms with E-state index < -0.39 is 18.5 Å². The van der Waals surface area contributed by atoms with E-state index in [1.54, 1.807) is 24.3 Å². The van der Waals surface area contributed by atoms with Crippen LogP contribution in [0.4, 0.5) is 5.69 Å². The average molecular weight is 415 g/mol. The van der Waals surface area contributed by atoms with Gasteiger partial charge in [-0.15, -0.1) is 0 Å². The van der Waals surface area contributed by atoms with E-state index in [1.165, 1.54) is 24.4 Å². The number of hydrogen-bond donors (Lipinski definition) is 1. The van der Waals surface area contributed by atoms with Crippen molar-refractivity contribution in [2.45, 2.75) is 13.3 Å². The third-order valence-electron chi connectivity index (χ3n) is 4.03. The second kappa shape index (κ2) is 9.20. The molecule has 0 spiro atoms. The largest absolute Gasteiger partial charge is 0.496 e. The van der Waals surface area contributed by atoms with Gasteiger partial charge in [0.15, 0.2) is 6.61 Å². The Morgan fingerprint density at radius 2 is 2.03 bits per heavy atom. The number of rotatable bonds is 7. The monoisotopic (exact) mass is 414 g/mol. The lowest BCUT2D eigenvalue weighted by atomic mass is 10.1. The fraction of sp³-hybridized carbons (Fsp3) is 0.200. The van der Waals surface area contributed by atoms with Gasteiger partial charge in [-0.05, 0) is 31.2 Å². The first-order chi connectivity index (χ1) is 14.0. The number of anilines is 1. The maximum atomic E-state index is 12.3. The first-order valence-corrected chi connectivity index (χ1v) is 9.07. The minimum absolute atomic E-state index is 0.000491. The highest BCUT2D eigenvalue weighted by atomic mass is 35.5. The van der Waals surface area contributed by atoms with Crippen LogP contribution in [0.25, 0.3) is 5.69 Å². The molecule has 1 aromatic heterocycles. The number of benzene rings is 2. The van der Waals surface area contributed by atoms with Gasteiger partial charge in [0, 0.05) is 10.6 Å². The first kappa shape index (κ1) is 20.3. The summed E-state index contributed by atoms with van der Waals surface area (Å²) >= 11 is 6.03. The summed E-state index contributed by atoms with van der Waals surface area (Å²) in [6.07, 6.45) is 2.87. The summed E-state index contributed by atoms with van der Waals surface area (Å²) in [5.74, 6) is -0.446. The molecule has 3 aromatic rings. The zero-order chi connectivity index (χ0) is 20.8. The summed E-state index contributed by atoms with van der Waals surface area (Å²) in [7, 11) is 1.53. The van der Waals surface area contributed by atoms with Gasteiger partial charge in [-0.1, -0.05) is 29.3 Å². The number of methoxy groups -OCH3 is 1. The molecule has 29 heavy (non-hydrogen) atoms. The normalized spacial score (nSPS) is 10.4. The van der Waals surface area contributed by atoms with E-state index >= 15 is 0 Å². The van der Waals surface area contributed by atoms with Crippen LogP contribution in [0, 0.1) is 6.92 Å². The molecule has 0 bridgehead atoms. The Morgan fingerprint density at radius 3 is 2.76 bits per heavy atom. The highest BCUT2D eigenvalue weighted by Gasteiger charge is 2.14. The number of esters is 1. The highest BCUT2D eigenvalue weighted by Crippen LogP contribution is 2.24. The number of carbonyl (C=O) groups excluding carboxylic acids is 2. The predicted molar refractivity (Wildman–Crippen MR) is 107 cm³/mol. The predicted octanol–water partition coefficient (Wildman–Crippen LogP) is 2.96. The molecule has 0 aliphatic heterocycles. The van der Waals surface area contributed by atoms with Crippen molar-refractivity contribution in [2.24, 2.45) is 0 Å². The smallest absolute Gasteiger partial charge is 0.310 e. The molecule has 0 aliphatic rings. The number of halogens is 1. The number of amides is 1. The van der Waals surface area contributed by atoms with Gasteiger partial charge >= 0.3 is 5.97 Å². The topological polar surface area (TPSA) is 95.3 Å². The summed E-state index contributed by atoms with van der Waals surface area (Å²) in [5.41, 5.74) is 2.69. The lowest BCUT2D eigenvalue weighted by Gasteiger charge is -2.12. The summed E-state index contributed by atoms with van der Waals surface area (Å²) < 4.78 is 11.8. The van der Waals surface area contributed by atoms with Crippen LogP contribution in [0.5, 0.6) is 5.75 Å². The van der Waals surface area contributed by atoms with Gasteiger partial charge in [0.25, 0.3) is 5.91 Å². The summed E-state index contributed by atoms with van der Waals surface area (Å²) in [5, 5.41) is 7.16. The molecule has 0 atom stereocenters. The van der Waals surface area contributed by atoms with Crippen molar-refractivity contribution >= 4 is 29.2 Å². The van der Waals surface area contributed by atoms with Crippen LogP contribution in [0.3, 0.4) is 0 Å². The quantitative estimate of drug-likeness (QED) is 0.597. The number of carbonyl (C=O) groups is 2. The fourth-order valence-corrected chi connectivity index (χ4v) is 2.90. The molecule has 0 radical (unpaired) electrons. The maximum Gasteiger partial charge on any atom is 0.310 e. The van der Waals surface area contributed by atoms with Crippen LogP contribution in [0.2, 0.25) is 5.02 Å². The van der Waals surface area contributed by atoms with Gasteiger partial charge in [-0.2, -0.15) is 5.10 Å². The van der Waals surface area contributed by atoms with E-state index in [9.17, 15) is 9.59 Å². The van der Waals surface area contributed by atoms with Crippen molar-refractivity contribution in [3.05, 3.63) is 65.2 Å². The molecule has 0 saturated carbocycles. The van der Waals surface area contributed by atoms with Gasteiger partial charge in [0.05, 0.1) is 24.9 Å². The van der Waals surface area contributed by atoms with Crippen LogP contribution < -0.4 is 10.1 Å². The number of hydrogen-bond acceptors (Lipinski definition) is 6. The molecule has 0 aliphatic carbocycles. The van der Waals surface area contributed by atoms with Gasteiger partial charge < -0.3 is 14.8 Å². The molecule has 1 heterocycles. The molecular weight excluding hydrogens is 396 g/mol. The number of aryl methyl sites for hydroxylation is 1.